The van der Waals surface area contributed by atoms with Crippen molar-refractivity contribution in [2.75, 3.05) is 0 Å². The minimum absolute atomic E-state index is 0.0455. The van der Waals surface area contributed by atoms with Crippen molar-refractivity contribution in [2.24, 2.45) is 0 Å². The Morgan fingerprint density at radius 3 is 2.00 bits per heavy atom. The monoisotopic (exact) mass is 372 g/mol. The summed E-state index contributed by atoms with van der Waals surface area (Å²) >= 11 is 0. The first-order valence-electron chi connectivity index (χ1n) is 8.07. The van der Waals surface area contributed by atoms with Crippen LogP contribution in [0.15, 0.2) is 52.3 Å². The van der Waals surface area contributed by atoms with Gasteiger partial charge in [0.15, 0.2) is 0 Å². The maximum Gasteiger partial charge on any atom is 0.350 e. The fourth-order valence-corrected chi connectivity index (χ4v) is 4.05. The van der Waals surface area contributed by atoms with Crippen LogP contribution >= 0.6 is 0 Å². The van der Waals surface area contributed by atoms with Gasteiger partial charge in [-0.1, -0.05) is 12.1 Å². The van der Waals surface area contributed by atoms with Crippen molar-refractivity contribution < 1.29 is 13.5 Å². The van der Waals surface area contributed by atoms with Gasteiger partial charge < -0.3 is 5.11 Å². The number of hydrogen-bond donors (Lipinski definition) is 1. The van der Waals surface area contributed by atoms with Crippen LogP contribution in [0.2, 0.25) is 0 Å². The predicted octanol–water partition coefficient (Wildman–Crippen LogP) is 2.82. The molecule has 1 heterocycles. The number of rotatable bonds is 3. The number of aryl methyl sites for hydroxylation is 4. The van der Waals surface area contributed by atoms with E-state index in [1.54, 1.807) is 25.1 Å². The molecule has 1 N–H and O–H groups in total. The maximum atomic E-state index is 12.9. The Labute approximate surface area is 152 Å². The van der Waals surface area contributed by atoms with E-state index >= 15 is 0 Å². The van der Waals surface area contributed by atoms with Crippen molar-refractivity contribution in [3.05, 3.63) is 75.3 Å². The number of benzene rings is 2. The van der Waals surface area contributed by atoms with E-state index in [0.29, 0.717) is 9.66 Å². The normalized spacial score (nSPS) is 11.7. The van der Waals surface area contributed by atoms with Crippen molar-refractivity contribution in [2.45, 2.75) is 32.6 Å². The summed E-state index contributed by atoms with van der Waals surface area (Å²) in [5.74, 6) is -0.633. The number of nitrogens with zero attached hydrogens (tertiary/aromatic N) is 2. The third kappa shape index (κ3) is 2.84. The lowest BCUT2D eigenvalue weighted by Gasteiger charge is -2.08. The molecule has 3 aromatic rings. The van der Waals surface area contributed by atoms with Gasteiger partial charge >= 0.3 is 5.69 Å². The first-order chi connectivity index (χ1) is 12.1. The highest BCUT2D eigenvalue weighted by Gasteiger charge is 2.26. The second kappa shape index (κ2) is 6.17. The average Bonchev–Trinajstić information content (AvgIpc) is 2.87. The first-order valence-corrected chi connectivity index (χ1v) is 9.51. The third-order valence-corrected chi connectivity index (χ3v) is 6.29. The molecule has 2 aromatic carbocycles. The summed E-state index contributed by atoms with van der Waals surface area (Å²) in [5, 5.41) is 10.2. The van der Waals surface area contributed by atoms with E-state index in [9.17, 15) is 18.3 Å². The molecule has 0 unspecified atom stereocenters. The van der Waals surface area contributed by atoms with Gasteiger partial charge in [0.2, 0.25) is 5.88 Å². The topological polar surface area (TPSA) is 81.3 Å². The Balaban J connectivity index is 2.20. The Hall–Kier alpha value is -2.80. The molecule has 0 bridgehead atoms. The van der Waals surface area contributed by atoms with Gasteiger partial charge in [0.1, 0.15) is 0 Å². The van der Waals surface area contributed by atoms with E-state index in [1.165, 1.54) is 12.1 Å². The van der Waals surface area contributed by atoms with Gasteiger partial charge in [-0.25, -0.2) is 13.2 Å². The van der Waals surface area contributed by atoms with Crippen molar-refractivity contribution in [3.8, 4) is 11.6 Å². The summed E-state index contributed by atoms with van der Waals surface area (Å²) in [6.45, 7) is 7.49. The highest BCUT2D eigenvalue weighted by atomic mass is 32.2. The minimum Gasteiger partial charge on any atom is -0.493 e. The molecule has 0 amide bonds. The lowest BCUT2D eigenvalue weighted by molar-refractivity contribution is 0.443. The molecule has 0 atom stereocenters. The quantitative estimate of drug-likeness (QED) is 0.766. The fraction of sp³-hybridized carbons (Fsp3) is 0.211. The van der Waals surface area contributed by atoms with Crippen LogP contribution < -0.4 is 5.69 Å². The predicted molar refractivity (Wildman–Crippen MR) is 99.7 cm³/mol. The summed E-state index contributed by atoms with van der Waals surface area (Å²) in [7, 11) is -4.21. The fourth-order valence-electron chi connectivity index (χ4n) is 2.69. The molecular weight excluding hydrogens is 352 g/mol. The van der Waals surface area contributed by atoms with Gasteiger partial charge in [-0.3, -0.25) is 4.57 Å². The highest BCUT2D eigenvalue weighted by Crippen LogP contribution is 2.22. The standard InChI is InChI=1S/C19H20N2O4S/c1-12-5-7-16(9-14(12)3)20-11-18(22)21(19(20)23)26(24,25)17-8-6-13(2)15(4)10-17/h5-11,22H,1-4H3. The maximum absolute atomic E-state index is 12.9. The van der Waals surface area contributed by atoms with Crippen molar-refractivity contribution >= 4 is 10.0 Å². The number of aromatic nitrogens is 2. The van der Waals surface area contributed by atoms with E-state index in [-0.39, 0.29) is 4.90 Å². The molecule has 0 radical (unpaired) electrons. The zero-order valence-corrected chi connectivity index (χ0v) is 15.8. The Bertz CT molecular complexity index is 1170. The van der Waals surface area contributed by atoms with Gasteiger partial charge in [0.05, 0.1) is 16.8 Å². The summed E-state index contributed by atoms with van der Waals surface area (Å²) in [6, 6.07) is 9.90. The van der Waals surface area contributed by atoms with Gasteiger partial charge in [0, 0.05) is 0 Å². The zero-order valence-electron chi connectivity index (χ0n) is 15.0. The van der Waals surface area contributed by atoms with Gasteiger partial charge in [-0.15, -0.1) is 3.97 Å². The Kier molecular flexibility index (Phi) is 4.28. The average molecular weight is 372 g/mol. The molecule has 7 heteroatoms. The SMILES string of the molecule is Cc1ccc(-n2cc(O)n(S(=O)(=O)c3ccc(C)c(C)c3)c2=O)cc1C. The molecule has 6 nitrogen and oxygen atoms in total. The molecule has 26 heavy (non-hydrogen) atoms. The van der Waals surface area contributed by atoms with E-state index in [2.05, 4.69) is 0 Å². The summed E-state index contributed by atoms with van der Waals surface area (Å²) in [6.07, 6.45) is 1.12. The molecule has 0 aliphatic carbocycles. The van der Waals surface area contributed by atoms with Gasteiger partial charge in [0.25, 0.3) is 10.0 Å². The Morgan fingerprint density at radius 2 is 1.42 bits per heavy atom. The van der Waals surface area contributed by atoms with Crippen LogP contribution in [0.5, 0.6) is 5.88 Å². The lowest BCUT2D eigenvalue weighted by atomic mass is 10.1. The largest absolute Gasteiger partial charge is 0.493 e. The van der Waals surface area contributed by atoms with Gasteiger partial charge in [-0.2, -0.15) is 0 Å². The van der Waals surface area contributed by atoms with E-state index in [4.69, 9.17) is 0 Å². The molecule has 1 aromatic heterocycles. The van der Waals surface area contributed by atoms with Gasteiger partial charge in [-0.05, 0) is 74.2 Å². The number of hydrogen-bond acceptors (Lipinski definition) is 4. The summed E-state index contributed by atoms with van der Waals surface area (Å²) < 4.78 is 27.3. The van der Waals surface area contributed by atoms with Crippen LogP contribution in [-0.2, 0) is 10.0 Å². The molecule has 0 fully saturated rings. The van der Waals surface area contributed by atoms with E-state index < -0.39 is 21.6 Å². The van der Waals surface area contributed by atoms with Crippen LogP contribution in [0.1, 0.15) is 22.3 Å². The van der Waals surface area contributed by atoms with Crippen LogP contribution in [-0.4, -0.2) is 22.1 Å². The zero-order chi connectivity index (χ0) is 19.2. The summed E-state index contributed by atoms with van der Waals surface area (Å²) in [4.78, 5) is 12.7. The molecule has 0 saturated carbocycles. The molecule has 0 aliphatic rings. The van der Waals surface area contributed by atoms with Crippen LogP contribution in [0.3, 0.4) is 0 Å². The van der Waals surface area contributed by atoms with Crippen LogP contribution in [0.25, 0.3) is 5.69 Å². The van der Waals surface area contributed by atoms with Crippen molar-refractivity contribution in [1.29, 1.82) is 0 Å². The molecule has 3 rings (SSSR count). The second-order valence-corrected chi connectivity index (χ2v) is 8.21. The summed E-state index contributed by atoms with van der Waals surface area (Å²) in [5.41, 5.74) is 3.37. The second-order valence-electron chi connectivity index (χ2n) is 6.42. The third-order valence-electron chi connectivity index (χ3n) is 4.62. The molecular formula is C19H20N2O4S. The number of imidazole rings is 1. The number of aromatic hydroxyl groups is 1. The van der Waals surface area contributed by atoms with E-state index in [1.807, 2.05) is 26.8 Å². The smallest absolute Gasteiger partial charge is 0.350 e. The molecule has 136 valence electrons. The lowest BCUT2D eigenvalue weighted by Crippen LogP contribution is -2.29. The van der Waals surface area contributed by atoms with Crippen molar-refractivity contribution in [3.63, 3.8) is 0 Å². The highest BCUT2D eigenvalue weighted by molar-refractivity contribution is 7.90. The van der Waals surface area contributed by atoms with Crippen LogP contribution in [0.4, 0.5) is 0 Å². The molecule has 0 spiro atoms. The minimum atomic E-state index is -4.21. The van der Waals surface area contributed by atoms with Crippen molar-refractivity contribution in [1.82, 2.24) is 8.54 Å². The van der Waals surface area contributed by atoms with Crippen LogP contribution in [0, 0.1) is 27.7 Å². The Morgan fingerprint density at radius 1 is 0.846 bits per heavy atom. The molecule has 0 aliphatic heterocycles. The molecule has 0 saturated heterocycles. The van der Waals surface area contributed by atoms with E-state index in [0.717, 1.165) is 33.0 Å². The first kappa shape index (κ1) is 18.0.